The second-order valence-corrected chi connectivity index (χ2v) is 7.27. The maximum atomic E-state index is 12.9. The third-order valence-corrected chi connectivity index (χ3v) is 4.92. The molecule has 0 spiro atoms. The molecule has 1 aliphatic rings. The van der Waals surface area contributed by atoms with Crippen LogP contribution in [0.25, 0.3) is 10.9 Å². The maximum absolute atomic E-state index is 12.9. The molecule has 0 unspecified atom stereocenters. The summed E-state index contributed by atoms with van der Waals surface area (Å²) in [6, 6.07) is 7.05. The van der Waals surface area contributed by atoms with Gasteiger partial charge in [-0.05, 0) is 38.8 Å². The lowest BCUT2D eigenvalue weighted by atomic mass is 10.2. The van der Waals surface area contributed by atoms with Crippen LogP contribution in [0.3, 0.4) is 0 Å². The van der Waals surface area contributed by atoms with Gasteiger partial charge in [-0.1, -0.05) is 18.6 Å². The second-order valence-electron chi connectivity index (χ2n) is 7.27. The molecule has 0 aliphatic carbocycles. The summed E-state index contributed by atoms with van der Waals surface area (Å²) >= 11 is 0. The summed E-state index contributed by atoms with van der Waals surface area (Å²) in [5.41, 5.74) is 0.393. The average molecular weight is 370 g/mol. The van der Waals surface area contributed by atoms with Crippen LogP contribution in [-0.2, 0) is 16.1 Å². The van der Waals surface area contributed by atoms with Crippen LogP contribution in [-0.4, -0.2) is 50.7 Å². The molecule has 0 radical (unpaired) electrons. The minimum Gasteiger partial charge on any atom is -0.333 e. The first kappa shape index (κ1) is 19.1. The number of rotatable bonds is 5. The molecule has 144 valence electrons. The minimum absolute atomic E-state index is 0.0433. The van der Waals surface area contributed by atoms with Crippen molar-refractivity contribution in [1.82, 2.24) is 19.8 Å². The van der Waals surface area contributed by atoms with Crippen LogP contribution < -0.4 is 5.56 Å². The van der Waals surface area contributed by atoms with E-state index < -0.39 is 0 Å². The molecule has 1 aromatic heterocycles. The summed E-state index contributed by atoms with van der Waals surface area (Å²) in [7, 11) is 0. The van der Waals surface area contributed by atoms with E-state index in [4.69, 9.17) is 0 Å². The van der Waals surface area contributed by atoms with Crippen LogP contribution in [0.1, 0.15) is 45.4 Å². The Kier molecular flexibility index (Phi) is 5.88. The number of fused-ring (bicyclic) bond motifs is 1. The molecule has 0 atom stereocenters. The topological polar surface area (TPSA) is 86.4 Å². The third-order valence-electron chi connectivity index (χ3n) is 4.92. The van der Waals surface area contributed by atoms with Gasteiger partial charge in [0.25, 0.3) is 5.56 Å². The zero-order valence-corrected chi connectivity index (χ0v) is 15.9. The summed E-state index contributed by atoms with van der Waals surface area (Å²) in [4.78, 5) is 47.9. The lowest BCUT2D eigenvalue weighted by Crippen LogP contribution is -2.45. The minimum atomic E-state index is -0.213. The molecule has 27 heavy (non-hydrogen) atoms. The molecule has 1 saturated heterocycles. The van der Waals surface area contributed by atoms with Crippen molar-refractivity contribution in [2.24, 2.45) is 0 Å². The fourth-order valence-corrected chi connectivity index (χ4v) is 3.39. The molecule has 7 nitrogen and oxygen atoms in total. The Bertz CT molecular complexity index is 890. The summed E-state index contributed by atoms with van der Waals surface area (Å²) < 4.78 is 0. The summed E-state index contributed by atoms with van der Waals surface area (Å²) in [6.45, 7) is 4.75. The van der Waals surface area contributed by atoms with Crippen LogP contribution in [0, 0.1) is 0 Å². The van der Waals surface area contributed by atoms with Crippen molar-refractivity contribution in [1.29, 1.82) is 0 Å². The van der Waals surface area contributed by atoms with Crippen LogP contribution in [0.4, 0.5) is 0 Å². The van der Waals surface area contributed by atoms with Crippen LogP contribution in [0.15, 0.2) is 29.1 Å². The van der Waals surface area contributed by atoms with Crippen molar-refractivity contribution in [3.05, 3.63) is 40.4 Å². The average Bonchev–Trinajstić information content (AvgIpc) is 2.84. The molecule has 3 rings (SSSR count). The van der Waals surface area contributed by atoms with E-state index in [-0.39, 0.29) is 36.5 Å². The fraction of sp³-hybridized carbons (Fsp3) is 0.500. The largest absolute Gasteiger partial charge is 0.333 e. The highest BCUT2D eigenvalue weighted by Gasteiger charge is 2.24. The highest BCUT2D eigenvalue weighted by Crippen LogP contribution is 2.13. The van der Waals surface area contributed by atoms with Gasteiger partial charge in [0.05, 0.1) is 24.0 Å². The standard InChI is InChI=1S/C20H26N4O3/c1-14(2)24(19(26)13-23-11-7-3-4-10-18(23)25)12-17-21-16-9-6-5-8-15(16)20(27)22-17/h5-6,8-9,14H,3-4,7,10-13H2,1-2H3,(H,21,22,27). The zero-order valence-electron chi connectivity index (χ0n) is 15.9. The highest BCUT2D eigenvalue weighted by molar-refractivity contribution is 5.85. The molecule has 1 aromatic carbocycles. The van der Waals surface area contributed by atoms with E-state index in [9.17, 15) is 14.4 Å². The van der Waals surface area contributed by atoms with Gasteiger partial charge in [0.15, 0.2) is 0 Å². The number of nitrogens with zero attached hydrogens (tertiary/aromatic N) is 3. The van der Waals surface area contributed by atoms with E-state index in [1.807, 2.05) is 19.9 Å². The van der Waals surface area contributed by atoms with Crippen molar-refractivity contribution in [2.75, 3.05) is 13.1 Å². The summed E-state index contributed by atoms with van der Waals surface area (Å²) in [5, 5.41) is 0.527. The first-order valence-corrected chi connectivity index (χ1v) is 9.51. The Morgan fingerprint density at radius 1 is 1.22 bits per heavy atom. The van der Waals surface area contributed by atoms with Gasteiger partial charge in [0.2, 0.25) is 11.8 Å². The number of likely N-dealkylation sites (tertiary alicyclic amines) is 1. The van der Waals surface area contributed by atoms with E-state index in [2.05, 4.69) is 9.97 Å². The van der Waals surface area contributed by atoms with Gasteiger partial charge in [-0.3, -0.25) is 14.4 Å². The van der Waals surface area contributed by atoms with Crippen molar-refractivity contribution in [2.45, 2.75) is 52.1 Å². The second kappa shape index (κ2) is 8.33. The smallest absolute Gasteiger partial charge is 0.258 e. The molecule has 1 N–H and O–H groups in total. The van der Waals surface area contributed by atoms with E-state index in [1.165, 1.54) is 0 Å². The molecule has 1 aliphatic heterocycles. The number of aromatic amines is 1. The molecular weight excluding hydrogens is 344 g/mol. The Morgan fingerprint density at radius 2 is 2.00 bits per heavy atom. The van der Waals surface area contributed by atoms with Crippen molar-refractivity contribution >= 4 is 22.7 Å². The number of benzene rings is 1. The van der Waals surface area contributed by atoms with Crippen molar-refractivity contribution in [3.8, 4) is 0 Å². The van der Waals surface area contributed by atoms with Gasteiger partial charge >= 0.3 is 0 Å². The van der Waals surface area contributed by atoms with Crippen LogP contribution in [0.5, 0.6) is 0 Å². The normalized spacial score (nSPS) is 15.2. The number of H-pyrrole nitrogens is 1. The molecular formula is C20H26N4O3. The van der Waals surface area contributed by atoms with Gasteiger partial charge in [-0.25, -0.2) is 4.98 Å². The van der Waals surface area contributed by atoms with Gasteiger partial charge in [0.1, 0.15) is 5.82 Å². The van der Waals surface area contributed by atoms with Gasteiger partial charge in [-0.15, -0.1) is 0 Å². The van der Waals surface area contributed by atoms with Gasteiger partial charge in [0, 0.05) is 19.0 Å². The predicted molar refractivity (Wildman–Crippen MR) is 103 cm³/mol. The lowest BCUT2D eigenvalue weighted by Gasteiger charge is -2.29. The van der Waals surface area contributed by atoms with E-state index in [1.54, 1.807) is 28.0 Å². The highest BCUT2D eigenvalue weighted by atomic mass is 16.2. The zero-order chi connectivity index (χ0) is 19.4. The first-order chi connectivity index (χ1) is 13.0. The Labute approximate surface area is 158 Å². The van der Waals surface area contributed by atoms with Crippen molar-refractivity contribution in [3.63, 3.8) is 0 Å². The van der Waals surface area contributed by atoms with E-state index >= 15 is 0 Å². The number of para-hydroxylation sites is 1. The molecule has 7 heteroatoms. The SMILES string of the molecule is CC(C)N(Cc1nc2ccccc2c(=O)[nH]1)C(=O)CN1CCCCCC1=O. The number of amides is 2. The Balaban J connectivity index is 1.78. The number of nitrogens with one attached hydrogen (secondary N) is 1. The summed E-state index contributed by atoms with van der Waals surface area (Å²) in [6.07, 6.45) is 3.35. The monoisotopic (exact) mass is 370 g/mol. The van der Waals surface area contributed by atoms with E-state index in [0.717, 1.165) is 19.3 Å². The molecule has 2 heterocycles. The molecule has 0 bridgehead atoms. The number of carbonyl (C=O) groups excluding carboxylic acids is 2. The lowest BCUT2D eigenvalue weighted by molar-refractivity contribution is -0.141. The molecule has 0 saturated carbocycles. The van der Waals surface area contributed by atoms with Crippen LogP contribution >= 0.6 is 0 Å². The van der Waals surface area contributed by atoms with Gasteiger partial charge < -0.3 is 14.8 Å². The number of aromatic nitrogens is 2. The quantitative estimate of drug-likeness (QED) is 0.873. The number of hydrogen-bond donors (Lipinski definition) is 1. The number of carbonyl (C=O) groups is 2. The molecule has 2 amide bonds. The maximum Gasteiger partial charge on any atom is 0.258 e. The first-order valence-electron chi connectivity index (χ1n) is 9.51. The fourth-order valence-electron chi connectivity index (χ4n) is 3.39. The third kappa shape index (κ3) is 4.53. The van der Waals surface area contributed by atoms with Crippen molar-refractivity contribution < 1.29 is 9.59 Å². The van der Waals surface area contributed by atoms with E-state index in [0.29, 0.717) is 29.7 Å². The molecule has 1 fully saturated rings. The number of hydrogen-bond acceptors (Lipinski definition) is 4. The van der Waals surface area contributed by atoms with Crippen LogP contribution in [0.2, 0.25) is 0 Å². The summed E-state index contributed by atoms with van der Waals surface area (Å²) in [5.74, 6) is 0.362. The molecule has 2 aromatic rings. The Morgan fingerprint density at radius 3 is 2.78 bits per heavy atom. The van der Waals surface area contributed by atoms with Gasteiger partial charge in [-0.2, -0.15) is 0 Å². The predicted octanol–water partition coefficient (Wildman–Crippen LogP) is 2.06. The Hall–Kier alpha value is -2.70.